The second-order valence-electron chi connectivity index (χ2n) is 6.52. The molecular weight excluding hydrogens is 336 g/mol. The number of ether oxygens (including phenoxy) is 1. The number of hydrogen-bond acceptors (Lipinski definition) is 5. The Morgan fingerprint density at radius 3 is 2.64 bits per heavy atom. The SMILES string of the molecule is CN1CCN(CCCc2cc(Oc3ccc(N)c(Cl)c3)ccn2)CC1. The Kier molecular flexibility index (Phi) is 6.13. The smallest absolute Gasteiger partial charge is 0.130 e. The van der Waals surface area contributed by atoms with E-state index in [9.17, 15) is 0 Å². The number of aromatic nitrogens is 1. The molecule has 6 heteroatoms. The Bertz CT molecular complexity index is 702. The fourth-order valence-corrected chi connectivity index (χ4v) is 3.09. The van der Waals surface area contributed by atoms with Gasteiger partial charge in [0.15, 0.2) is 0 Å². The van der Waals surface area contributed by atoms with Gasteiger partial charge < -0.3 is 20.3 Å². The van der Waals surface area contributed by atoms with E-state index in [0.717, 1.165) is 57.0 Å². The van der Waals surface area contributed by atoms with Gasteiger partial charge in [-0.3, -0.25) is 4.98 Å². The summed E-state index contributed by atoms with van der Waals surface area (Å²) in [5, 5.41) is 0.499. The molecule has 2 N–H and O–H groups in total. The van der Waals surface area contributed by atoms with Gasteiger partial charge >= 0.3 is 0 Å². The van der Waals surface area contributed by atoms with Crippen molar-refractivity contribution in [1.29, 1.82) is 0 Å². The van der Waals surface area contributed by atoms with Crippen LogP contribution in [-0.2, 0) is 6.42 Å². The van der Waals surface area contributed by atoms with Gasteiger partial charge in [-0.1, -0.05) is 11.6 Å². The Morgan fingerprint density at radius 2 is 1.88 bits per heavy atom. The van der Waals surface area contributed by atoms with E-state index in [2.05, 4.69) is 21.8 Å². The molecule has 2 heterocycles. The molecule has 1 aromatic carbocycles. The average Bonchev–Trinajstić information content (AvgIpc) is 2.60. The van der Waals surface area contributed by atoms with Crippen molar-refractivity contribution in [3.8, 4) is 11.5 Å². The first-order valence-corrected chi connectivity index (χ1v) is 9.06. The summed E-state index contributed by atoms with van der Waals surface area (Å²) in [5.41, 5.74) is 7.32. The maximum absolute atomic E-state index is 6.04. The van der Waals surface area contributed by atoms with Crippen LogP contribution in [0.2, 0.25) is 5.02 Å². The van der Waals surface area contributed by atoms with Crippen LogP contribution in [0.25, 0.3) is 0 Å². The lowest BCUT2D eigenvalue weighted by Crippen LogP contribution is -2.44. The summed E-state index contributed by atoms with van der Waals surface area (Å²) in [5.74, 6) is 1.44. The molecule has 25 heavy (non-hydrogen) atoms. The van der Waals surface area contributed by atoms with Crippen LogP contribution >= 0.6 is 11.6 Å². The quantitative estimate of drug-likeness (QED) is 0.801. The van der Waals surface area contributed by atoms with Crippen LogP contribution in [0.5, 0.6) is 11.5 Å². The Labute approximate surface area is 154 Å². The fraction of sp³-hybridized carbons (Fsp3) is 0.421. The van der Waals surface area contributed by atoms with E-state index >= 15 is 0 Å². The molecule has 0 saturated carbocycles. The van der Waals surface area contributed by atoms with E-state index in [4.69, 9.17) is 22.1 Å². The molecule has 0 bridgehead atoms. The fourth-order valence-electron chi connectivity index (χ4n) is 2.92. The highest BCUT2D eigenvalue weighted by Crippen LogP contribution is 2.28. The van der Waals surface area contributed by atoms with E-state index in [1.165, 1.54) is 0 Å². The highest BCUT2D eigenvalue weighted by atomic mass is 35.5. The molecule has 1 aliphatic heterocycles. The standard InChI is InChI=1S/C19H25ClN4O/c1-23-9-11-24(12-10-23)8-2-3-15-13-17(6-7-22-15)25-16-4-5-19(21)18(20)14-16/h4-7,13-14H,2-3,8-12,21H2,1H3. The van der Waals surface area contributed by atoms with Gasteiger partial charge in [0, 0.05) is 50.2 Å². The molecule has 0 spiro atoms. The van der Waals surface area contributed by atoms with Crippen LogP contribution in [0, 0.1) is 0 Å². The zero-order valence-corrected chi connectivity index (χ0v) is 15.4. The molecule has 0 unspecified atom stereocenters. The number of piperazine rings is 1. The summed E-state index contributed by atoms with van der Waals surface area (Å²) in [6.45, 7) is 5.75. The molecule has 0 amide bonds. The van der Waals surface area contributed by atoms with Crippen molar-refractivity contribution >= 4 is 17.3 Å². The van der Waals surface area contributed by atoms with Gasteiger partial charge in [0.25, 0.3) is 0 Å². The topological polar surface area (TPSA) is 54.6 Å². The summed E-state index contributed by atoms with van der Waals surface area (Å²) < 4.78 is 5.87. The van der Waals surface area contributed by atoms with E-state index in [1.807, 2.05) is 18.2 Å². The summed E-state index contributed by atoms with van der Waals surface area (Å²) in [7, 11) is 2.18. The summed E-state index contributed by atoms with van der Waals surface area (Å²) in [6, 6.07) is 9.14. The van der Waals surface area contributed by atoms with Crippen molar-refractivity contribution in [2.45, 2.75) is 12.8 Å². The lowest BCUT2D eigenvalue weighted by Gasteiger charge is -2.32. The highest BCUT2D eigenvalue weighted by Gasteiger charge is 2.13. The number of nitrogens with zero attached hydrogens (tertiary/aromatic N) is 3. The largest absolute Gasteiger partial charge is 0.457 e. The van der Waals surface area contributed by atoms with Crippen LogP contribution < -0.4 is 10.5 Å². The first-order chi connectivity index (χ1) is 12.1. The normalized spacial score (nSPS) is 16.1. The van der Waals surface area contributed by atoms with Gasteiger partial charge in [0.1, 0.15) is 11.5 Å². The molecular formula is C19H25ClN4O. The highest BCUT2D eigenvalue weighted by molar-refractivity contribution is 6.33. The minimum atomic E-state index is 0.499. The zero-order valence-electron chi connectivity index (χ0n) is 14.6. The van der Waals surface area contributed by atoms with Crippen molar-refractivity contribution in [3.05, 3.63) is 47.2 Å². The van der Waals surface area contributed by atoms with Crippen molar-refractivity contribution in [2.24, 2.45) is 0 Å². The predicted molar refractivity (Wildman–Crippen MR) is 102 cm³/mol. The second-order valence-corrected chi connectivity index (χ2v) is 6.92. The number of likely N-dealkylation sites (N-methyl/N-ethyl adjacent to an activating group) is 1. The number of anilines is 1. The average molecular weight is 361 g/mol. The number of benzene rings is 1. The molecule has 1 fully saturated rings. The number of aryl methyl sites for hydroxylation is 1. The predicted octanol–water partition coefficient (Wildman–Crippen LogP) is 3.29. The first kappa shape index (κ1) is 18.0. The summed E-state index contributed by atoms with van der Waals surface area (Å²) in [6.07, 6.45) is 3.85. The van der Waals surface area contributed by atoms with Crippen LogP contribution in [0.1, 0.15) is 12.1 Å². The lowest BCUT2D eigenvalue weighted by molar-refractivity contribution is 0.153. The number of pyridine rings is 1. The third kappa shape index (κ3) is 5.33. The molecule has 2 aromatic rings. The molecule has 0 radical (unpaired) electrons. The van der Waals surface area contributed by atoms with Gasteiger partial charge in [-0.2, -0.15) is 0 Å². The molecule has 1 aromatic heterocycles. The molecule has 134 valence electrons. The number of halogens is 1. The third-order valence-corrected chi connectivity index (χ3v) is 4.83. The molecule has 0 aliphatic carbocycles. The third-order valence-electron chi connectivity index (χ3n) is 4.50. The molecule has 1 saturated heterocycles. The minimum Gasteiger partial charge on any atom is -0.457 e. The monoisotopic (exact) mass is 360 g/mol. The van der Waals surface area contributed by atoms with Crippen LogP contribution in [0.15, 0.2) is 36.5 Å². The van der Waals surface area contributed by atoms with Gasteiger partial charge in [-0.25, -0.2) is 0 Å². The van der Waals surface area contributed by atoms with Gasteiger partial charge in [-0.05, 0) is 44.6 Å². The van der Waals surface area contributed by atoms with Crippen LogP contribution in [0.4, 0.5) is 5.69 Å². The molecule has 1 aliphatic rings. The first-order valence-electron chi connectivity index (χ1n) is 8.69. The molecule has 0 atom stereocenters. The lowest BCUT2D eigenvalue weighted by atomic mass is 10.2. The van der Waals surface area contributed by atoms with E-state index in [0.29, 0.717) is 16.5 Å². The van der Waals surface area contributed by atoms with Gasteiger partial charge in [-0.15, -0.1) is 0 Å². The maximum atomic E-state index is 6.04. The van der Waals surface area contributed by atoms with E-state index < -0.39 is 0 Å². The molecule has 5 nitrogen and oxygen atoms in total. The van der Waals surface area contributed by atoms with E-state index in [-0.39, 0.29) is 0 Å². The van der Waals surface area contributed by atoms with Crippen molar-refractivity contribution < 1.29 is 4.74 Å². The Hall–Kier alpha value is -1.82. The van der Waals surface area contributed by atoms with Crippen LogP contribution in [0.3, 0.4) is 0 Å². The van der Waals surface area contributed by atoms with Crippen molar-refractivity contribution in [1.82, 2.24) is 14.8 Å². The Balaban J connectivity index is 1.51. The van der Waals surface area contributed by atoms with Gasteiger partial charge in [0.2, 0.25) is 0 Å². The van der Waals surface area contributed by atoms with E-state index in [1.54, 1.807) is 18.3 Å². The minimum absolute atomic E-state index is 0.499. The number of nitrogens with two attached hydrogens (primary N) is 1. The number of hydrogen-bond donors (Lipinski definition) is 1. The van der Waals surface area contributed by atoms with Crippen molar-refractivity contribution in [2.75, 3.05) is 45.5 Å². The summed E-state index contributed by atoms with van der Waals surface area (Å²) in [4.78, 5) is 9.36. The van der Waals surface area contributed by atoms with Gasteiger partial charge in [0.05, 0.1) is 10.7 Å². The number of nitrogen functional groups attached to an aromatic ring is 1. The molecule has 3 rings (SSSR count). The maximum Gasteiger partial charge on any atom is 0.130 e. The van der Waals surface area contributed by atoms with Crippen molar-refractivity contribution in [3.63, 3.8) is 0 Å². The summed E-state index contributed by atoms with van der Waals surface area (Å²) >= 11 is 6.04. The Morgan fingerprint density at radius 1 is 1.12 bits per heavy atom. The zero-order chi connectivity index (χ0) is 17.6. The second kappa shape index (κ2) is 8.52. The van der Waals surface area contributed by atoms with Crippen LogP contribution in [-0.4, -0.2) is 54.6 Å². The number of rotatable bonds is 6.